The molecular formula is C14H16F4N2O. The van der Waals surface area contributed by atoms with Crippen LogP contribution in [0.2, 0.25) is 0 Å². The standard InChI is InChI=1S/C14H16F4N2O/c1-20(2)7-3-4-12(21)19-13(14(17)18)10-8-9(15)5-6-11(10)16/h3-6,8,13-14H,7H2,1-2H3,(H,19,21)/b4-3+. The monoisotopic (exact) mass is 304 g/mol. The smallest absolute Gasteiger partial charge is 0.262 e. The number of hydrogen-bond acceptors (Lipinski definition) is 2. The molecule has 0 spiro atoms. The van der Waals surface area contributed by atoms with Gasteiger partial charge in [0.05, 0.1) is 0 Å². The third-order valence-electron chi connectivity index (χ3n) is 2.58. The van der Waals surface area contributed by atoms with Crippen molar-refractivity contribution in [1.29, 1.82) is 0 Å². The van der Waals surface area contributed by atoms with Gasteiger partial charge in [-0.1, -0.05) is 6.08 Å². The molecule has 1 atom stereocenters. The largest absolute Gasteiger partial charge is 0.340 e. The fraction of sp³-hybridized carbons (Fsp3) is 0.357. The molecule has 1 unspecified atom stereocenters. The average Bonchev–Trinajstić information content (AvgIpc) is 2.38. The number of benzene rings is 1. The van der Waals surface area contributed by atoms with Gasteiger partial charge in [-0.15, -0.1) is 0 Å². The highest BCUT2D eigenvalue weighted by Gasteiger charge is 2.26. The highest BCUT2D eigenvalue weighted by Crippen LogP contribution is 2.24. The van der Waals surface area contributed by atoms with Crippen LogP contribution in [-0.2, 0) is 4.79 Å². The molecule has 0 saturated carbocycles. The molecule has 0 bridgehead atoms. The molecule has 1 aromatic carbocycles. The predicted octanol–water partition coefficient (Wildman–Crippen LogP) is 2.51. The van der Waals surface area contributed by atoms with Crippen LogP contribution in [-0.4, -0.2) is 37.9 Å². The van der Waals surface area contributed by atoms with Gasteiger partial charge in [-0.2, -0.15) is 0 Å². The molecule has 3 nitrogen and oxygen atoms in total. The summed E-state index contributed by atoms with van der Waals surface area (Å²) >= 11 is 0. The Balaban J connectivity index is 2.86. The lowest BCUT2D eigenvalue weighted by Crippen LogP contribution is -2.32. The zero-order chi connectivity index (χ0) is 16.0. The zero-order valence-corrected chi connectivity index (χ0v) is 11.6. The van der Waals surface area contributed by atoms with Gasteiger partial charge in [0.1, 0.15) is 17.7 Å². The number of alkyl halides is 2. The molecule has 1 N–H and O–H groups in total. The van der Waals surface area contributed by atoms with Crippen molar-refractivity contribution in [1.82, 2.24) is 10.2 Å². The van der Waals surface area contributed by atoms with Crippen LogP contribution in [0.4, 0.5) is 17.6 Å². The Hall–Kier alpha value is -1.89. The van der Waals surface area contributed by atoms with Gasteiger partial charge in [0.15, 0.2) is 0 Å². The summed E-state index contributed by atoms with van der Waals surface area (Å²) in [5, 5.41) is 1.97. The summed E-state index contributed by atoms with van der Waals surface area (Å²) in [7, 11) is 3.54. The molecule has 0 aliphatic heterocycles. The van der Waals surface area contributed by atoms with Gasteiger partial charge in [-0.3, -0.25) is 4.79 Å². The van der Waals surface area contributed by atoms with Crippen molar-refractivity contribution in [3.05, 3.63) is 47.5 Å². The minimum Gasteiger partial charge on any atom is -0.340 e. The summed E-state index contributed by atoms with van der Waals surface area (Å²) in [5.41, 5.74) is -0.584. The molecule has 0 radical (unpaired) electrons. The normalized spacial score (nSPS) is 13.1. The minimum atomic E-state index is -3.06. The maximum absolute atomic E-state index is 13.5. The van der Waals surface area contributed by atoms with Crippen molar-refractivity contribution < 1.29 is 22.4 Å². The Bertz CT molecular complexity index is 518. The third kappa shape index (κ3) is 5.55. The minimum absolute atomic E-state index is 0.446. The predicted molar refractivity (Wildman–Crippen MR) is 70.9 cm³/mol. The third-order valence-corrected chi connectivity index (χ3v) is 2.58. The number of nitrogens with zero attached hydrogens (tertiary/aromatic N) is 1. The second-order valence-electron chi connectivity index (χ2n) is 4.65. The molecule has 0 aromatic heterocycles. The van der Waals surface area contributed by atoms with Crippen molar-refractivity contribution in [3.63, 3.8) is 0 Å². The van der Waals surface area contributed by atoms with Gasteiger partial charge in [0.2, 0.25) is 5.91 Å². The summed E-state index contributed by atoms with van der Waals surface area (Å²) in [6, 6.07) is 0.307. The van der Waals surface area contributed by atoms with Crippen LogP contribution < -0.4 is 5.32 Å². The van der Waals surface area contributed by atoms with Crippen molar-refractivity contribution in [3.8, 4) is 0 Å². The highest BCUT2D eigenvalue weighted by molar-refractivity contribution is 5.87. The van der Waals surface area contributed by atoms with Crippen LogP contribution in [0.1, 0.15) is 11.6 Å². The molecule has 116 valence electrons. The fourth-order valence-electron chi connectivity index (χ4n) is 1.60. The number of carbonyl (C=O) groups excluding carboxylic acids is 1. The van der Waals surface area contributed by atoms with Gasteiger partial charge >= 0.3 is 0 Å². The molecule has 0 saturated heterocycles. The lowest BCUT2D eigenvalue weighted by atomic mass is 10.1. The summed E-state index contributed by atoms with van der Waals surface area (Å²) < 4.78 is 52.5. The Morgan fingerprint density at radius 2 is 2.00 bits per heavy atom. The topological polar surface area (TPSA) is 32.3 Å². The Morgan fingerprint density at radius 1 is 1.33 bits per heavy atom. The number of nitrogens with one attached hydrogen (secondary N) is 1. The van der Waals surface area contributed by atoms with Crippen LogP contribution in [0, 0.1) is 11.6 Å². The SMILES string of the molecule is CN(C)C/C=C/C(=O)NC(c1cc(F)ccc1F)C(F)F. The molecule has 0 fully saturated rings. The van der Waals surface area contributed by atoms with Crippen LogP contribution in [0.5, 0.6) is 0 Å². The average molecular weight is 304 g/mol. The number of rotatable bonds is 6. The van der Waals surface area contributed by atoms with E-state index in [1.165, 1.54) is 6.08 Å². The maximum atomic E-state index is 13.5. The number of hydrogen-bond donors (Lipinski definition) is 1. The van der Waals surface area contributed by atoms with Crippen molar-refractivity contribution >= 4 is 5.91 Å². The van der Waals surface area contributed by atoms with E-state index in [4.69, 9.17) is 0 Å². The second kappa shape index (κ2) is 7.78. The second-order valence-corrected chi connectivity index (χ2v) is 4.65. The first kappa shape index (κ1) is 17.2. The van der Waals surface area contributed by atoms with Crippen LogP contribution >= 0.6 is 0 Å². The van der Waals surface area contributed by atoms with Gasteiger partial charge in [-0.05, 0) is 32.3 Å². The summed E-state index contributed by atoms with van der Waals surface area (Å²) in [6.07, 6.45) is -0.515. The molecule has 0 aliphatic carbocycles. The summed E-state index contributed by atoms with van der Waals surface area (Å²) in [4.78, 5) is 13.3. The Labute approximate surface area is 120 Å². The van der Waals surface area contributed by atoms with E-state index in [0.29, 0.717) is 12.6 Å². The van der Waals surface area contributed by atoms with Crippen molar-refractivity contribution in [2.75, 3.05) is 20.6 Å². The van der Waals surface area contributed by atoms with E-state index < -0.39 is 35.6 Å². The van der Waals surface area contributed by atoms with E-state index in [-0.39, 0.29) is 0 Å². The molecular weight excluding hydrogens is 288 g/mol. The number of carbonyl (C=O) groups is 1. The van der Waals surface area contributed by atoms with Gasteiger partial charge in [-0.25, -0.2) is 17.6 Å². The van der Waals surface area contributed by atoms with E-state index in [1.807, 2.05) is 5.32 Å². The summed E-state index contributed by atoms with van der Waals surface area (Å²) in [5.74, 6) is -2.65. The first-order valence-electron chi connectivity index (χ1n) is 6.16. The molecule has 7 heteroatoms. The van der Waals surface area contributed by atoms with Crippen molar-refractivity contribution in [2.45, 2.75) is 12.5 Å². The molecule has 0 heterocycles. The van der Waals surface area contributed by atoms with E-state index in [2.05, 4.69) is 0 Å². The molecule has 0 aliphatic rings. The quantitative estimate of drug-likeness (QED) is 0.647. The first-order valence-corrected chi connectivity index (χ1v) is 6.16. The van der Waals surface area contributed by atoms with E-state index in [9.17, 15) is 22.4 Å². The molecule has 21 heavy (non-hydrogen) atoms. The Morgan fingerprint density at radius 3 is 2.57 bits per heavy atom. The summed E-state index contributed by atoms with van der Waals surface area (Å²) in [6.45, 7) is 0.446. The highest BCUT2D eigenvalue weighted by atomic mass is 19.3. The van der Waals surface area contributed by atoms with E-state index in [1.54, 1.807) is 19.0 Å². The lowest BCUT2D eigenvalue weighted by molar-refractivity contribution is -0.118. The molecule has 1 rings (SSSR count). The van der Waals surface area contributed by atoms with Crippen molar-refractivity contribution in [2.24, 2.45) is 0 Å². The van der Waals surface area contributed by atoms with Gasteiger partial charge < -0.3 is 10.2 Å². The van der Waals surface area contributed by atoms with Crippen LogP contribution in [0.15, 0.2) is 30.4 Å². The lowest BCUT2D eigenvalue weighted by Gasteiger charge is -2.18. The Kier molecular flexibility index (Phi) is 6.36. The van der Waals surface area contributed by atoms with Crippen LogP contribution in [0.25, 0.3) is 0 Å². The first-order chi connectivity index (χ1) is 9.81. The van der Waals surface area contributed by atoms with Gasteiger partial charge in [0.25, 0.3) is 6.43 Å². The zero-order valence-electron chi connectivity index (χ0n) is 11.6. The van der Waals surface area contributed by atoms with Gasteiger partial charge in [0, 0.05) is 18.2 Å². The fourth-order valence-corrected chi connectivity index (χ4v) is 1.60. The van der Waals surface area contributed by atoms with E-state index in [0.717, 1.165) is 18.2 Å². The number of halogens is 4. The van der Waals surface area contributed by atoms with Crippen LogP contribution in [0.3, 0.4) is 0 Å². The molecule has 1 aromatic rings. The molecule has 1 amide bonds. The number of likely N-dealkylation sites (N-methyl/N-ethyl adjacent to an activating group) is 1. The maximum Gasteiger partial charge on any atom is 0.262 e. The number of amides is 1. The van der Waals surface area contributed by atoms with E-state index >= 15 is 0 Å².